The summed E-state index contributed by atoms with van der Waals surface area (Å²) in [5.74, 6) is 0.754. The Balaban J connectivity index is 1.54. The van der Waals surface area contributed by atoms with E-state index < -0.39 is 0 Å². The van der Waals surface area contributed by atoms with Gasteiger partial charge in [-0.2, -0.15) is 4.98 Å². The van der Waals surface area contributed by atoms with Gasteiger partial charge in [0.25, 0.3) is 5.78 Å². The first kappa shape index (κ1) is 14.7. The number of para-hydroxylation sites is 1. The van der Waals surface area contributed by atoms with E-state index in [1.165, 1.54) is 11.3 Å². The zero-order valence-corrected chi connectivity index (χ0v) is 14.0. The van der Waals surface area contributed by atoms with E-state index in [0.717, 1.165) is 21.6 Å². The van der Waals surface area contributed by atoms with E-state index in [2.05, 4.69) is 25.4 Å². The molecule has 0 aliphatic rings. The van der Waals surface area contributed by atoms with Gasteiger partial charge < -0.3 is 5.32 Å². The Bertz CT molecular complexity index is 1030. The quantitative estimate of drug-likeness (QED) is 0.620. The first-order valence-electron chi connectivity index (χ1n) is 7.44. The van der Waals surface area contributed by atoms with E-state index in [4.69, 9.17) is 0 Å². The van der Waals surface area contributed by atoms with Crippen molar-refractivity contribution in [2.45, 2.75) is 20.3 Å². The van der Waals surface area contributed by atoms with Crippen molar-refractivity contribution in [2.75, 3.05) is 5.32 Å². The number of aryl methyl sites for hydroxylation is 2. The second kappa shape index (κ2) is 5.64. The minimum absolute atomic E-state index is 0.0811. The molecule has 0 aliphatic carbocycles. The van der Waals surface area contributed by atoms with Crippen LogP contribution in [0.5, 0.6) is 0 Å². The van der Waals surface area contributed by atoms with Crippen molar-refractivity contribution in [1.29, 1.82) is 0 Å². The average molecular weight is 338 g/mol. The molecule has 0 radical (unpaired) electrons. The van der Waals surface area contributed by atoms with Crippen LogP contribution in [0.15, 0.2) is 30.3 Å². The molecule has 8 heteroatoms. The fourth-order valence-corrected chi connectivity index (χ4v) is 3.40. The molecule has 0 fully saturated rings. The lowest BCUT2D eigenvalue weighted by atomic mass is 10.3. The van der Waals surface area contributed by atoms with Crippen LogP contribution in [0.3, 0.4) is 0 Å². The van der Waals surface area contributed by atoms with Gasteiger partial charge in [-0.05, 0) is 32.0 Å². The summed E-state index contributed by atoms with van der Waals surface area (Å²) < 4.78 is 2.68. The van der Waals surface area contributed by atoms with Gasteiger partial charge in [0.05, 0.1) is 16.6 Å². The molecule has 24 heavy (non-hydrogen) atoms. The normalized spacial score (nSPS) is 11.2. The van der Waals surface area contributed by atoms with Gasteiger partial charge >= 0.3 is 0 Å². The van der Waals surface area contributed by atoms with Crippen LogP contribution in [0.1, 0.15) is 17.2 Å². The fraction of sp³-hybridized carbons (Fsp3) is 0.188. The van der Waals surface area contributed by atoms with Gasteiger partial charge in [-0.15, -0.1) is 5.10 Å². The van der Waals surface area contributed by atoms with Crippen LogP contribution in [0.4, 0.5) is 5.13 Å². The van der Waals surface area contributed by atoms with Gasteiger partial charge in [0, 0.05) is 11.4 Å². The Morgan fingerprint density at radius 2 is 2.04 bits per heavy atom. The second-order valence-electron chi connectivity index (χ2n) is 5.49. The monoisotopic (exact) mass is 338 g/mol. The van der Waals surface area contributed by atoms with Crippen molar-refractivity contribution in [3.05, 3.63) is 47.5 Å². The van der Waals surface area contributed by atoms with Crippen molar-refractivity contribution in [3.63, 3.8) is 0 Å². The number of anilines is 1. The van der Waals surface area contributed by atoms with Crippen molar-refractivity contribution in [1.82, 2.24) is 24.6 Å². The van der Waals surface area contributed by atoms with Crippen molar-refractivity contribution in [3.8, 4) is 0 Å². The summed E-state index contributed by atoms with van der Waals surface area (Å²) in [6.45, 7) is 3.84. The van der Waals surface area contributed by atoms with E-state index in [1.54, 1.807) is 4.52 Å². The smallest absolute Gasteiger partial charge is 0.252 e. The van der Waals surface area contributed by atoms with Gasteiger partial charge in [0.15, 0.2) is 11.0 Å². The molecule has 4 rings (SSSR count). The Labute approximate surface area is 141 Å². The number of amides is 1. The summed E-state index contributed by atoms with van der Waals surface area (Å²) in [7, 11) is 0. The van der Waals surface area contributed by atoms with E-state index in [0.29, 0.717) is 16.7 Å². The van der Waals surface area contributed by atoms with Crippen molar-refractivity contribution < 1.29 is 4.79 Å². The summed E-state index contributed by atoms with van der Waals surface area (Å²) in [6.07, 6.45) is 0.0811. The third-order valence-corrected chi connectivity index (χ3v) is 4.47. The number of nitrogens with zero attached hydrogens (tertiary/aromatic N) is 5. The van der Waals surface area contributed by atoms with Crippen LogP contribution in [0, 0.1) is 13.8 Å². The Hall–Kier alpha value is -2.87. The number of thiazole rings is 1. The van der Waals surface area contributed by atoms with E-state index in [9.17, 15) is 4.79 Å². The highest BCUT2D eigenvalue weighted by Gasteiger charge is 2.13. The molecule has 7 nitrogen and oxygen atoms in total. The summed E-state index contributed by atoms with van der Waals surface area (Å²) in [5, 5.41) is 7.73. The maximum Gasteiger partial charge on any atom is 0.252 e. The van der Waals surface area contributed by atoms with Crippen LogP contribution < -0.4 is 5.32 Å². The molecule has 1 aromatic carbocycles. The zero-order valence-electron chi connectivity index (χ0n) is 13.1. The number of fused-ring (bicyclic) bond motifs is 2. The number of benzene rings is 1. The SMILES string of the molecule is Cc1cc(C)n2nc(CC(=O)Nc3nc4ccccc4s3)nc2n1. The lowest BCUT2D eigenvalue weighted by Gasteiger charge is -1.98. The Morgan fingerprint density at radius 3 is 2.88 bits per heavy atom. The van der Waals surface area contributed by atoms with Crippen LogP contribution in [-0.4, -0.2) is 30.5 Å². The van der Waals surface area contributed by atoms with Gasteiger partial charge in [0.2, 0.25) is 5.91 Å². The maximum absolute atomic E-state index is 12.2. The number of hydrogen-bond donors (Lipinski definition) is 1. The van der Waals surface area contributed by atoms with E-state index in [1.807, 2.05) is 44.2 Å². The predicted molar refractivity (Wildman–Crippen MR) is 92.2 cm³/mol. The fourth-order valence-electron chi connectivity index (χ4n) is 2.52. The number of aromatic nitrogens is 5. The Kier molecular flexibility index (Phi) is 3.46. The first-order chi connectivity index (χ1) is 11.6. The second-order valence-corrected chi connectivity index (χ2v) is 6.52. The molecule has 0 spiro atoms. The molecule has 0 unspecified atom stereocenters. The van der Waals surface area contributed by atoms with Gasteiger partial charge in [-0.1, -0.05) is 23.5 Å². The van der Waals surface area contributed by atoms with Crippen LogP contribution >= 0.6 is 11.3 Å². The minimum atomic E-state index is -0.195. The van der Waals surface area contributed by atoms with Crippen LogP contribution in [0.25, 0.3) is 16.0 Å². The highest BCUT2D eigenvalue weighted by molar-refractivity contribution is 7.22. The number of hydrogen-bond acceptors (Lipinski definition) is 6. The zero-order chi connectivity index (χ0) is 16.7. The third-order valence-electron chi connectivity index (χ3n) is 3.52. The molecule has 3 aromatic heterocycles. The summed E-state index contributed by atoms with van der Waals surface area (Å²) >= 11 is 1.44. The molecule has 0 saturated carbocycles. The summed E-state index contributed by atoms with van der Waals surface area (Å²) in [5.41, 5.74) is 2.68. The number of rotatable bonds is 3. The summed E-state index contributed by atoms with van der Waals surface area (Å²) in [4.78, 5) is 25.3. The Morgan fingerprint density at radius 1 is 1.21 bits per heavy atom. The average Bonchev–Trinajstić information content (AvgIpc) is 3.09. The lowest BCUT2D eigenvalue weighted by molar-refractivity contribution is -0.115. The highest BCUT2D eigenvalue weighted by atomic mass is 32.1. The number of carbonyl (C=O) groups excluding carboxylic acids is 1. The molecular formula is C16H14N6OS. The molecule has 4 aromatic rings. The minimum Gasteiger partial charge on any atom is -0.302 e. The largest absolute Gasteiger partial charge is 0.302 e. The van der Waals surface area contributed by atoms with Crippen LogP contribution in [0.2, 0.25) is 0 Å². The van der Waals surface area contributed by atoms with Crippen LogP contribution in [-0.2, 0) is 11.2 Å². The number of carbonyl (C=O) groups is 1. The summed E-state index contributed by atoms with van der Waals surface area (Å²) in [6, 6.07) is 9.69. The topological polar surface area (TPSA) is 85.1 Å². The number of nitrogens with one attached hydrogen (secondary N) is 1. The third kappa shape index (κ3) is 2.71. The lowest BCUT2D eigenvalue weighted by Crippen LogP contribution is -2.15. The van der Waals surface area contributed by atoms with Gasteiger partial charge in [-0.3, -0.25) is 4.79 Å². The van der Waals surface area contributed by atoms with E-state index in [-0.39, 0.29) is 12.3 Å². The van der Waals surface area contributed by atoms with Crippen molar-refractivity contribution in [2.24, 2.45) is 0 Å². The first-order valence-corrected chi connectivity index (χ1v) is 8.25. The molecule has 0 saturated heterocycles. The van der Waals surface area contributed by atoms with Gasteiger partial charge in [0.1, 0.15) is 0 Å². The van der Waals surface area contributed by atoms with Gasteiger partial charge in [-0.25, -0.2) is 14.5 Å². The highest BCUT2D eigenvalue weighted by Crippen LogP contribution is 2.25. The molecule has 0 bridgehead atoms. The molecule has 3 heterocycles. The van der Waals surface area contributed by atoms with E-state index >= 15 is 0 Å². The maximum atomic E-state index is 12.2. The standard InChI is InChI=1S/C16H14N6OS/c1-9-7-10(2)22-15(17-9)19-13(21-22)8-14(23)20-16-18-11-5-3-4-6-12(11)24-16/h3-7H,8H2,1-2H3,(H,18,20,23). The molecule has 0 atom stereocenters. The molecule has 120 valence electrons. The molecule has 1 N–H and O–H groups in total. The predicted octanol–water partition coefficient (Wildman–Crippen LogP) is 2.53. The molecule has 1 amide bonds. The van der Waals surface area contributed by atoms with Crippen molar-refractivity contribution >= 4 is 38.4 Å². The molecule has 0 aliphatic heterocycles. The molecular weight excluding hydrogens is 324 g/mol.